The lowest BCUT2D eigenvalue weighted by Crippen LogP contribution is -2.36. The van der Waals surface area contributed by atoms with Crippen molar-refractivity contribution in [2.24, 2.45) is 0 Å². The van der Waals surface area contributed by atoms with E-state index in [1.54, 1.807) is 6.07 Å². The Balaban J connectivity index is 2.27. The van der Waals surface area contributed by atoms with Gasteiger partial charge in [0.15, 0.2) is 0 Å². The van der Waals surface area contributed by atoms with Crippen LogP contribution in [0.15, 0.2) is 18.2 Å². The van der Waals surface area contributed by atoms with Crippen molar-refractivity contribution in [2.75, 3.05) is 38.3 Å². The van der Waals surface area contributed by atoms with Crippen molar-refractivity contribution in [2.45, 2.75) is 11.3 Å². The standard InChI is InChI=1S/C14H18FN3S/c1-17(2)13-8-18(9-14(13)19-3)12-5-4-11(15)6-10(12)7-16/h4-6,13-14H,8-9H2,1-3H3/t13-,14+/m1/s1. The van der Waals surface area contributed by atoms with Crippen LogP contribution in [0.2, 0.25) is 0 Å². The Hall–Kier alpha value is -1.25. The Labute approximate surface area is 118 Å². The lowest BCUT2D eigenvalue weighted by atomic mass is 10.1. The van der Waals surface area contributed by atoms with Crippen molar-refractivity contribution in [3.63, 3.8) is 0 Å². The average molecular weight is 279 g/mol. The topological polar surface area (TPSA) is 30.3 Å². The minimum atomic E-state index is -0.356. The van der Waals surface area contributed by atoms with Gasteiger partial charge in [0, 0.05) is 24.4 Å². The van der Waals surface area contributed by atoms with E-state index in [0.29, 0.717) is 16.9 Å². The van der Waals surface area contributed by atoms with Crippen LogP contribution in [0.4, 0.5) is 10.1 Å². The monoisotopic (exact) mass is 279 g/mol. The number of likely N-dealkylation sites (N-methyl/N-ethyl adjacent to an activating group) is 1. The molecule has 1 aliphatic rings. The number of hydrogen-bond donors (Lipinski definition) is 0. The number of halogens is 1. The van der Waals surface area contributed by atoms with Crippen LogP contribution in [-0.2, 0) is 0 Å². The maximum Gasteiger partial charge on any atom is 0.124 e. The molecular formula is C14H18FN3S. The summed E-state index contributed by atoms with van der Waals surface area (Å²) < 4.78 is 13.2. The van der Waals surface area contributed by atoms with Gasteiger partial charge < -0.3 is 9.80 Å². The highest BCUT2D eigenvalue weighted by Crippen LogP contribution is 2.30. The molecule has 19 heavy (non-hydrogen) atoms. The van der Waals surface area contributed by atoms with Crippen molar-refractivity contribution < 1.29 is 4.39 Å². The molecular weight excluding hydrogens is 261 g/mol. The largest absolute Gasteiger partial charge is 0.368 e. The van der Waals surface area contributed by atoms with E-state index in [1.807, 2.05) is 11.8 Å². The van der Waals surface area contributed by atoms with E-state index in [-0.39, 0.29) is 5.82 Å². The number of nitriles is 1. The molecule has 1 saturated heterocycles. The quantitative estimate of drug-likeness (QED) is 0.848. The third-order valence-electron chi connectivity index (χ3n) is 3.62. The van der Waals surface area contributed by atoms with Gasteiger partial charge in [-0.05, 0) is 38.6 Å². The highest BCUT2D eigenvalue weighted by atomic mass is 32.2. The molecule has 1 heterocycles. The summed E-state index contributed by atoms with van der Waals surface area (Å²) in [6, 6.07) is 6.99. The van der Waals surface area contributed by atoms with Gasteiger partial charge in [-0.25, -0.2) is 4.39 Å². The Kier molecular flexibility index (Phi) is 4.33. The molecule has 1 aromatic rings. The van der Waals surface area contributed by atoms with Crippen LogP contribution in [0.5, 0.6) is 0 Å². The summed E-state index contributed by atoms with van der Waals surface area (Å²) in [5, 5.41) is 9.65. The summed E-state index contributed by atoms with van der Waals surface area (Å²) in [5.41, 5.74) is 1.26. The fraction of sp³-hybridized carbons (Fsp3) is 0.500. The molecule has 0 saturated carbocycles. The van der Waals surface area contributed by atoms with Gasteiger partial charge >= 0.3 is 0 Å². The molecule has 0 spiro atoms. The van der Waals surface area contributed by atoms with Gasteiger partial charge in [-0.15, -0.1) is 0 Å². The summed E-state index contributed by atoms with van der Waals surface area (Å²) >= 11 is 1.84. The van der Waals surface area contributed by atoms with Gasteiger partial charge in [-0.2, -0.15) is 17.0 Å². The summed E-state index contributed by atoms with van der Waals surface area (Å²) in [4.78, 5) is 4.40. The molecule has 0 aromatic heterocycles. The fourth-order valence-electron chi connectivity index (χ4n) is 2.55. The van der Waals surface area contributed by atoms with Crippen LogP contribution < -0.4 is 4.90 Å². The van der Waals surface area contributed by atoms with E-state index in [0.717, 1.165) is 18.8 Å². The van der Waals surface area contributed by atoms with Crippen LogP contribution in [0.3, 0.4) is 0 Å². The van der Waals surface area contributed by atoms with Crippen molar-refractivity contribution in [3.05, 3.63) is 29.6 Å². The van der Waals surface area contributed by atoms with E-state index in [9.17, 15) is 4.39 Å². The van der Waals surface area contributed by atoms with E-state index >= 15 is 0 Å². The molecule has 0 radical (unpaired) electrons. The molecule has 1 aromatic carbocycles. The smallest absolute Gasteiger partial charge is 0.124 e. The SMILES string of the molecule is CS[C@H]1CN(c2ccc(F)cc2C#N)C[C@H]1N(C)C. The van der Waals surface area contributed by atoms with Gasteiger partial charge in [0.1, 0.15) is 11.9 Å². The Bertz CT molecular complexity index is 498. The fourth-order valence-corrected chi connectivity index (χ4v) is 3.53. The molecule has 0 bridgehead atoms. The van der Waals surface area contributed by atoms with Gasteiger partial charge in [0.2, 0.25) is 0 Å². The third-order valence-corrected chi connectivity index (χ3v) is 4.69. The minimum Gasteiger partial charge on any atom is -0.368 e. The summed E-state index contributed by atoms with van der Waals surface area (Å²) in [5.74, 6) is -0.356. The zero-order valence-electron chi connectivity index (χ0n) is 11.4. The number of thioether (sulfide) groups is 1. The second kappa shape index (κ2) is 5.81. The van der Waals surface area contributed by atoms with Crippen LogP contribution in [0, 0.1) is 17.1 Å². The zero-order valence-corrected chi connectivity index (χ0v) is 12.2. The molecule has 2 atom stereocenters. The summed E-state index contributed by atoms with van der Waals surface area (Å²) in [6.45, 7) is 1.77. The molecule has 3 nitrogen and oxygen atoms in total. The normalized spacial score (nSPS) is 22.8. The molecule has 0 aliphatic carbocycles. The highest BCUT2D eigenvalue weighted by Gasteiger charge is 2.34. The lowest BCUT2D eigenvalue weighted by Gasteiger charge is -2.23. The summed E-state index contributed by atoms with van der Waals surface area (Å²) in [6.07, 6.45) is 2.11. The first-order chi connectivity index (χ1) is 9.06. The first-order valence-corrected chi connectivity index (χ1v) is 7.49. The zero-order chi connectivity index (χ0) is 14.0. The van der Waals surface area contributed by atoms with Crippen molar-refractivity contribution in [1.29, 1.82) is 5.26 Å². The number of rotatable bonds is 3. The summed E-state index contributed by atoms with van der Waals surface area (Å²) in [7, 11) is 4.15. The number of benzene rings is 1. The number of anilines is 1. The predicted octanol–water partition coefficient (Wildman–Crippen LogP) is 2.18. The minimum absolute atomic E-state index is 0.356. The number of nitrogens with zero attached hydrogens (tertiary/aromatic N) is 3. The van der Waals surface area contributed by atoms with E-state index in [4.69, 9.17) is 5.26 Å². The van der Waals surface area contributed by atoms with Crippen LogP contribution in [0.1, 0.15) is 5.56 Å². The maximum atomic E-state index is 13.2. The van der Waals surface area contributed by atoms with Gasteiger partial charge in [0.25, 0.3) is 0 Å². The lowest BCUT2D eigenvalue weighted by molar-refractivity contribution is 0.320. The molecule has 0 unspecified atom stereocenters. The van der Waals surface area contributed by atoms with Crippen LogP contribution >= 0.6 is 11.8 Å². The predicted molar refractivity (Wildman–Crippen MR) is 78.1 cm³/mol. The Morgan fingerprint density at radius 3 is 2.68 bits per heavy atom. The van der Waals surface area contributed by atoms with Gasteiger partial charge in [0.05, 0.1) is 11.3 Å². The van der Waals surface area contributed by atoms with E-state index in [1.165, 1.54) is 12.1 Å². The molecule has 1 fully saturated rings. The van der Waals surface area contributed by atoms with Crippen molar-refractivity contribution in [1.82, 2.24) is 4.90 Å². The van der Waals surface area contributed by atoms with Gasteiger partial charge in [-0.1, -0.05) is 0 Å². The Morgan fingerprint density at radius 1 is 1.42 bits per heavy atom. The van der Waals surface area contributed by atoms with Gasteiger partial charge in [-0.3, -0.25) is 0 Å². The first kappa shape index (κ1) is 14.2. The second-order valence-electron chi connectivity index (χ2n) is 4.98. The van der Waals surface area contributed by atoms with E-state index < -0.39 is 0 Å². The van der Waals surface area contributed by atoms with Crippen molar-refractivity contribution in [3.8, 4) is 6.07 Å². The molecule has 1 aliphatic heterocycles. The van der Waals surface area contributed by atoms with Crippen molar-refractivity contribution >= 4 is 17.4 Å². The molecule has 2 rings (SSSR count). The maximum absolute atomic E-state index is 13.2. The molecule has 5 heteroatoms. The molecule has 102 valence electrons. The van der Waals surface area contributed by atoms with Crippen LogP contribution in [-0.4, -0.2) is 49.6 Å². The average Bonchev–Trinajstić information content (AvgIpc) is 2.82. The highest BCUT2D eigenvalue weighted by molar-refractivity contribution is 7.99. The first-order valence-electron chi connectivity index (χ1n) is 6.20. The number of hydrogen-bond acceptors (Lipinski definition) is 4. The second-order valence-corrected chi connectivity index (χ2v) is 6.06. The van der Waals surface area contributed by atoms with E-state index in [2.05, 4.69) is 36.2 Å². The Morgan fingerprint density at radius 2 is 2.16 bits per heavy atom. The third kappa shape index (κ3) is 2.85. The molecule has 0 amide bonds. The van der Waals surface area contributed by atoms with Crippen LogP contribution in [0.25, 0.3) is 0 Å². The molecule has 0 N–H and O–H groups in total.